The van der Waals surface area contributed by atoms with E-state index in [0.717, 1.165) is 18.8 Å². The molecule has 1 heterocycles. The van der Waals surface area contributed by atoms with Crippen LogP contribution in [0.5, 0.6) is 0 Å². The van der Waals surface area contributed by atoms with Crippen LogP contribution in [-0.4, -0.2) is 49.8 Å². The van der Waals surface area contributed by atoms with Crippen molar-refractivity contribution in [3.63, 3.8) is 0 Å². The van der Waals surface area contributed by atoms with Crippen LogP contribution in [0.25, 0.3) is 0 Å². The highest BCUT2D eigenvalue weighted by Gasteiger charge is 2.02. The first-order chi connectivity index (χ1) is 8.61. The predicted octanol–water partition coefficient (Wildman–Crippen LogP) is 1.62. The van der Waals surface area contributed by atoms with Gasteiger partial charge in [0.2, 0.25) is 0 Å². The Kier molecular flexibility index (Phi) is 5.93. The summed E-state index contributed by atoms with van der Waals surface area (Å²) in [6.45, 7) is 3.89. The van der Waals surface area contributed by atoms with Crippen LogP contribution in [-0.2, 0) is 4.74 Å². The zero-order chi connectivity index (χ0) is 13.4. The molecule has 6 nitrogen and oxygen atoms in total. The summed E-state index contributed by atoms with van der Waals surface area (Å²) in [5, 5.41) is 5.77. The molecule has 1 aromatic rings. The summed E-state index contributed by atoms with van der Waals surface area (Å²) < 4.78 is 4.76. The van der Waals surface area contributed by atoms with Crippen molar-refractivity contribution in [3.05, 3.63) is 18.3 Å². The molecule has 100 valence electrons. The van der Waals surface area contributed by atoms with Gasteiger partial charge in [-0.15, -0.1) is 0 Å². The number of amides is 1. The fourth-order valence-electron chi connectivity index (χ4n) is 1.27. The number of likely N-dealkylation sites (N-methyl/N-ethyl adjacent to an activating group) is 1. The van der Waals surface area contributed by atoms with Crippen molar-refractivity contribution in [1.29, 1.82) is 0 Å². The Hall–Kier alpha value is -1.82. The van der Waals surface area contributed by atoms with Gasteiger partial charge in [-0.2, -0.15) is 0 Å². The maximum atomic E-state index is 11.1. The second kappa shape index (κ2) is 7.50. The standard InChI is InChI=1S/C12H20N4O2/c1-4-18-12(17)15-11-6-5-10(9-14-11)13-7-8-16(2)3/h5-6,9,13H,4,7-8H2,1-3H3,(H,14,15,17). The summed E-state index contributed by atoms with van der Waals surface area (Å²) in [4.78, 5) is 17.4. The monoisotopic (exact) mass is 252 g/mol. The van der Waals surface area contributed by atoms with E-state index < -0.39 is 6.09 Å². The molecule has 1 rings (SSSR count). The Morgan fingerprint density at radius 2 is 2.22 bits per heavy atom. The molecule has 2 N–H and O–H groups in total. The molecule has 0 aliphatic rings. The van der Waals surface area contributed by atoms with Gasteiger partial charge in [-0.25, -0.2) is 9.78 Å². The molecule has 0 saturated carbocycles. The van der Waals surface area contributed by atoms with E-state index in [1.165, 1.54) is 0 Å². The molecule has 0 bridgehead atoms. The van der Waals surface area contributed by atoms with E-state index in [0.29, 0.717) is 12.4 Å². The summed E-state index contributed by atoms with van der Waals surface area (Å²) in [6, 6.07) is 3.60. The van der Waals surface area contributed by atoms with Gasteiger partial charge in [-0.05, 0) is 33.2 Å². The third-order valence-corrected chi connectivity index (χ3v) is 2.16. The Morgan fingerprint density at radius 1 is 1.44 bits per heavy atom. The lowest BCUT2D eigenvalue weighted by Gasteiger charge is -2.11. The number of pyridine rings is 1. The number of nitrogens with one attached hydrogen (secondary N) is 2. The molecule has 0 saturated heterocycles. The first-order valence-electron chi connectivity index (χ1n) is 5.90. The third kappa shape index (κ3) is 5.49. The second-order valence-electron chi connectivity index (χ2n) is 4.01. The minimum absolute atomic E-state index is 0.343. The van der Waals surface area contributed by atoms with Gasteiger partial charge in [0.15, 0.2) is 0 Å². The van der Waals surface area contributed by atoms with E-state index in [-0.39, 0.29) is 0 Å². The normalized spacial score (nSPS) is 10.2. The van der Waals surface area contributed by atoms with E-state index in [1.807, 2.05) is 20.2 Å². The lowest BCUT2D eigenvalue weighted by molar-refractivity contribution is 0.168. The van der Waals surface area contributed by atoms with Crippen molar-refractivity contribution in [1.82, 2.24) is 9.88 Å². The van der Waals surface area contributed by atoms with Crippen LogP contribution in [0, 0.1) is 0 Å². The Bertz CT molecular complexity index is 365. The molecule has 0 aromatic carbocycles. The Labute approximate surface area is 107 Å². The molecule has 0 atom stereocenters. The number of rotatable bonds is 6. The van der Waals surface area contributed by atoms with Crippen LogP contribution in [0.15, 0.2) is 18.3 Å². The molecule has 18 heavy (non-hydrogen) atoms. The van der Waals surface area contributed by atoms with Gasteiger partial charge in [0.1, 0.15) is 5.82 Å². The van der Waals surface area contributed by atoms with Crippen molar-refractivity contribution in [3.8, 4) is 0 Å². The molecule has 0 aliphatic heterocycles. The van der Waals surface area contributed by atoms with Crippen LogP contribution < -0.4 is 10.6 Å². The summed E-state index contributed by atoms with van der Waals surface area (Å²) in [5.41, 5.74) is 0.922. The van der Waals surface area contributed by atoms with Gasteiger partial charge in [-0.3, -0.25) is 5.32 Å². The topological polar surface area (TPSA) is 66.5 Å². The molecule has 0 radical (unpaired) electrons. The Balaban J connectivity index is 2.40. The van der Waals surface area contributed by atoms with Gasteiger partial charge < -0.3 is 15.0 Å². The lowest BCUT2D eigenvalue weighted by Crippen LogP contribution is -2.20. The maximum absolute atomic E-state index is 11.1. The number of carbonyl (C=O) groups is 1. The average Bonchev–Trinajstić information content (AvgIpc) is 2.31. The molecule has 1 amide bonds. The summed E-state index contributed by atoms with van der Waals surface area (Å²) in [5.74, 6) is 0.478. The molecular formula is C12H20N4O2. The summed E-state index contributed by atoms with van der Waals surface area (Å²) in [7, 11) is 4.04. The van der Waals surface area contributed by atoms with Gasteiger partial charge >= 0.3 is 6.09 Å². The number of aromatic nitrogens is 1. The van der Waals surface area contributed by atoms with Crippen LogP contribution in [0.1, 0.15) is 6.92 Å². The van der Waals surface area contributed by atoms with Gasteiger partial charge in [0.05, 0.1) is 18.5 Å². The maximum Gasteiger partial charge on any atom is 0.412 e. The zero-order valence-electron chi connectivity index (χ0n) is 11.1. The third-order valence-electron chi connectivity index (χ3n) is 2.16. The highest BCUT2D eigenvalue weighted by molar-refractivity contribution is 5.83. The van der Waals surface area contributed by atoms with Crippen molar-refractivity contribution in [2.24, 2.45) is 0 Å². The Morgan fingerprint density at radius 3 is 2.78 bits per heavy atom. The van der Waals surface area contributed by atoms with Crippen LogP contribution in [0.2, 0.25) is 0 Å². The minimum atomic E-state index is -0.488. The molecular weight excluding hydrogens is 232 g/mol. The molecule has 0 fully saturated rings. The highest BCUT2D eigenvalue weighted by Crippen LogP contribution is 2.09. The predicted molar refractivity (Wildman–Crippen MR) is 71.9 cm³/mol. The van der Waals surface area contributed by atoms with Crippen LogP contribution in [0.4, 0.5) is 16.3 Å². The van der Waals surface area contributed by atoms with Gasteiger partial charge in [0.25, 0.3) is 0 Å². The first-order valence-corrected chi connectivity index (χ1v) is 5.90. The number of anilines is 2. The van der Waals surface area contributed by atoms with Gasteiger partial charge in [-0.1, -0.05) is 0 Å². The largest absolute Gasteiger partial charge is 0.450 e. The SMILES string of the molecule is CCOC(=O)Nc1ccc(NCCN(C)C)cn1. The lowest BCUT2D eigenvalue weighted by atomic mass is 10.4. The average molecular weight is 252 g/mol. The van der Waals surface area contributed by atoms with Crippen molar-refractivity contribution >= 4 is 17.6 Å². The van der Waals surface area contributed by atoms with Gasteiger partial charge in [0, 0.05) is 13.1 Å². The molecule has 1 aromatic heterocycles. The van der Waals surface area contributed by atoms with Crippen molar-refractivity contribution < 1.29 is 9.53 Å². The van der Waals surface area contributed by atoms with Crippen molar-refractivity contribution in [2.75, 3.05) is 44.4 Å². The van der Waals surface area contributed by atoms with Crippen LogP contribution >= 0.6 is 0 Å². The van der Waals surface area contributed by atoms with E-state index in [1.54, 1.807) is 19.2 Å². The van der Waals surface area contributed by atoms with E-state index in [9.17, 15) is 4.79 Å². The second-order valence-corrected chi connectivity index (χ2v) is 4.01. The van der Waals surface area contributed by atoms with Crippen LogP contribution in [0.3, 0.4) is 0 Å². The molecule has 0 aliphatic carbocycles. The zero-order valence-corrected chi connectivity index (χ0v) is 11.1. The fraction of sp³-hybridized carbons (Fsp3) is 0.500. The molecule has 0 spiro atoms. The number of hydrogen-bond donors (Lipinski definition) is 2. The van der Waals surface area contributed by atoms with E-state index in [2.05, 4.69) is 20.5 Å². The summed E-state index contributed by atoms with van der Waals surface area (Å²) in [6.07, 6.45) is 1.19. The highest BCUT2D eigenvalue weighted by atomic mass is 16.5. The summed E-state index contributed by atoms with van der Waals surface area (Å²) >= 11 is 0. The smallest absolute Gasteiger partial charge is 0.412 e. The first kappa shape index (κ1) is 14.2. The number of hydrogen-bond acceptors (Lipinski definition) is 5. The number of nitrogens with zero attached hydrogens (tertiary/aromatic N) is 2. The van der Waals surface area contributed by atoms with E-state index in [4.69, 9.17) is 4.74 Å². The van der Waals surface area contributed by atoms with Crippen molar-refractivity contribution in [2.45, 2.75) is 6.92 Å². The molecule has 0 unspecified atom stereocenters. The number of carbonyl (C=O) groups excluding carboxylic acids is 1. The quantitative estimate of drug-likeness (QED) is 0.805. The van der Waals surface area contributed by atoms with E-state index >= 15 is 0 Å². The fourth-order valence-corrected chi connectivity index (χ4v) is 1.27. The number of ether oxygens (including phenoxy) is 1. The minimum Gasteiger partial charge on any atom is -0.450 e. The molecule has 6 heteroatoms.